The van der Waals surface area contributed by atoms with Gasteiger partial charge in [-0.25, -0.2) is 0 Å². The number of aryl methyl sites for hydroxylation is 2. The van der Waals surface area contributed by atoms with Crippen molar-refractivity contribution in [2.24, 2.45) is 7.05 Å². The number of ether oxygens (including phenoxy) is 1. The summed E-state index contributed by atoms with van der Waals surface area (Å²) < 4.78 is 8.75. The second-order valence-corrected chi connectivity index (χ2v) is 4.69. The van der Waals surface area contributed by atoms with Crippen molar-refractivity contribution >= 4 is 15.9 Å². The van der Waals surface area contributed by atoms with Crippen molar-refractivity contribution in [3.05, 3.63) is 15.9 Å². The molecule has 1 unspecified atom stereocenters. The maximum Gasteiger partial charge on any atom is 0.0900 e. The van der Waals surface area contributed by atoms with Crippen LogP contribution in [0, 0.1) is 6.92 Å². The largest absolute Gasteiger partial charge is 0.371 e. The summed E-state index contributed by atoms with van der Waals surface area (Å²) in [5.74, 6) is 0. The van der Waals surface area contributed by atoms with Crippen LogP contribution in [0.1, 0.15) is 17.8 Å². The lowest BCUT2D eigenvalue weighted by atomic mass is 10.3. The molecule has 1 aromatic rings. The Balaban J connectivity index is 1.97. The Morgan fingerprint density at radius 1 is 1.67 bits per heavy atom. The highest BCUT2D eigenvalue weighted by molar-refractivity contribution is 9.10. The van der Waals surface area contributed by atoms with Gasteiger partial charge in [0.1, 0.15) is 0 Å². The average molecular weight is 274 g/mol. The van der Waals surface area contributed by atoms with Gasteiger partial charge >= 0.3 is 0 Å². The summed E-state index contributed by atoms with van der Waals surface area (Å²) in [6, 6.07) is 0. The van der Waals surface area contributed by atoms with E-state index in [1.165, 1.54) is 0 Å². The van der Waals surface area contributed by atoms with E-state index in [0.29, 0.717) is 12.7 Å². The van der Waals surface area contributed by atoms with Crippen LogP contribution in [-0.4, -0.2) is 29.0 Å². The molecule has 1 saturated heterocycles. The van der Waals surface area contributed by atoms with E-state index in [9.17, 15) is 0 Å². The van der Waals surface area contributed by atoms with Gasteiger partial charge in [-0.3, -0.25) is 4.68 Å². The Bertz CT molecular complexity index is 345. The van der Waals surface area contributed by atoms with Crippen molar-refractivity contribution in [3.63, 3.8) is 0 Å². The van der Waals surface area contributed by atoms with Crippen molar-refractivity contribution < 1.29 is 4.74 Å². The van der Waals surface area contributed by atoms with Crippen LogP contribution in [0.3, 0.4) is 0 Å². The summed E-state index contributed by atoms with van der Waals surface area (Å²) in [6.45, 7) is 4.65. The van der Waals surface area contributed by atoms with Gasteiger partial charge in [0.25, 0.3) is 0 Å². The van der Waals surface area contributed by atoms with Crippen molar-refractivity contribution in [2.45, 2.75) is 26.1 Å². The molecule has 84 valence electrons. The average Bonchev–Trinajstić information content (AvgIpc) is 2.76. The Morgan fingerprint density at radius 3 is 3.00 bits per heavy atom. The van der Waals surface area contributed by atoms with Crippen LogP contribution in [0.15, 0.2) is 4.47 Å². The molecule has 1 aliphatic heterocycles. The smallest absolute Gasteiger partial charge is 0.0900 e. The predicted octanol–water partition coefficient (Wildman–Crippen LogP) is 1.37. The molecule has 1 aliphatic rings. The minimum atomic E-state index is 0.354. The number of halogens is 1. The first-order chi connectivity index (χ1) is 7.18. The van der Waals surface area contributed by atoms with Crippen LogP contribution >= 0.6 is 15.9 Å². The van der Waals surface area contributed by atoms with Gasteiger partial charge in [0, 0.05) is 13.6 Å². The Morgan fingerprint density at radius 2 is 2.47 bits per heavy atom. The van der Waals surface area contributed by atoms with Crippen LogP contribution in [0.4, 0.5) is 0 Å². The SMILES string of the molecule is Cc1nn(C)c(COC2CCNC2)c1Br. The number of rotatable bonds is 3. The van der Waals surface area contributed by atoms with Crippen LogP contribution in [0.25, 0.3) is 0 Å². The summed E-state index contributed by atoms with van der Waals surface area (Å²) in [5, 5.41) is 7.61. The zero-order chi connectivity index (χ0) is 10.8. The molecule has 0 radical (unpaired) electrons. The maximum atomic E-state index is 5.81. The highest BCUT2D eigenvalue weighted by Crippen LogP contribution is 2.21. The molecule has 4 nitrogen and oxygen atoms in total. The second kappa shape index (κ2) is 4.63. The fourth-order valence-electron chi connectivity index (χ4n) is 1.80. The summed E-state index contributed by atoms with van der Waals surface area (Å²) in [4.78, 5) is 0. The van der Waals surface area contributed by atoms with Crippen LogP contribution in [-0.2, 0) is 18.4 Å². The van der Waals surface area contributed by atoms with Gasteiger partial charge in [-0.1, -0.05) is 0 Å². The monoisotopic (exact) mass is 273 g/mol. The van der Waals surface area contributed by atoms with E-state index in [1.807, 2.05) is 18.7 Å². The van der Waals surface area contributed by atoms with E-state index >= 15 is 0 Å². The van der Waals surface area contributed by atoms with Crippen LogP contribution in [0.2, 0.25) is 0 Å². The number of aromatic nitrogens is 2. The summed E-state index contributed by atoms with van der Waals surface area (Å²) in [7, 11) is 1.95. The summed E-state index contributed by atoms with van der Waals surface area (Å²) in [5.41, 5.74) is 2.13. The van der Waals surface area contributed by atoms with E-state index < -0.39 is 0 Å². The standard InChI is InChI=1S/C10H16BrN3O/c1-7-10(11)9(14(2)13-7)6-15-8-3-4-12-5-8/h8,12H,3-6H2,1-2H3. The van der Waals surface area contributed by atoms with Gasteiger partial charge in [0.15, 0.2) is 0 Å². The first-order valence-electron chi connectivity index (χ1n) is 5.18. The highest BCUT2D eigenvalue weighted by atomic mass is 79.9. The molecule has 0 aromatic carbocycles. The van der Waals surface area contributed by atoms with Crippen molar-refractivity contribution in [1.82, 2.24) is 15.1 Å². The molecule has 0 aliphatic carbocycles. The zero-order valence-corrected chi connectivity index (χ0v) is 10.7. The lowest BCUT2D eigenvalue weighted by molar-refractivity contribution is 0.0501. The summed E-state index contributed by atoms with van der Waals surface area (Å²) >= 11 is 3.53. The Kier molecular flexibility index (Phi) is 3.43. The molecule has 1 N–H and O–H groups in total. The van der Waals surface area contributed by atoms with Crippen molar-refractivity contribution in [1.29, 1.82) is 0 Å². The van der Waals surface area contributed by atoms with E-state index in [-0.39, 0.29) is 0 Å². The minimum Gasteiger partial charge on any atom is -0.371 e. The molecule has 15 heavy (non-hydrogen) atoms. The molecule has 5 heteroatoms. The van der Waals surface area contributed by atoms with Gasteiger partial charge in [-0.15, -0.1) is 0 Å². The third kappa shape index (κ3) is 2.41. The number of nitrogens with one attached hydrogen (secondary N) is 1. The van der Waals surface area contributed by atoms with Crippen LogP contribution < -0.4 is 5.32 Å². The normalized spacial score (nSPS) is 21.1. The van der Waals surface area contributed by atoms with E-state index in [1.54, 1.807) is 0 Å². The molecule has 0 spiro atoms. The highest BCUT2D eigenvalue weighted by Gasteiger charge is 2.17. The van der Waals surface area contributed by atoms with Gasteiger partial charge in [-0.05, 0) is 35.8 Å². The van der Waals surface area contributed by atoms with Crippen molar-refractivity contribution in [3.8, 4) is 0 Å². The first kappa shape index (κ1) is 11.1. The van der Waals surface area contributed by atoms with E-state index in [4.69, 9.17) is 4.74 Å². The third-order valence-electron chi connectivity index (χ3n) is 2.73. The third-order valence-corrected chi connectivity index (χ3v) is 3.76. The molecule has 2 heterocycles. The molecular formula is C10H16BrN3O. The number of hydrogen-bond donors (Lipinski definition) is 1. The van der Waals surface area contributed by atoms with Gasteiger partial charge in [-0.2, -0.15) is 5.10 Å². The van der Waals surface area contributed by atoms with Crippen molar-refractivity contribution in [2.75, 3.05) is 13.1 Å². The van der Waals surface area contributed by atoms with E-state index in [2.05, 4.69) is 26.3 Å². The molecule has 0 saturated carbocycles. The molecular weight excluding hydrogens is 258 g/mol. The quantitative estimate of drug-likeness (QED) is 0.904. The zero-order valence-electron chi connectivity index (χ0n) is 9.09. The lowest BCUT2D eigenvalue weighted by Crippen LogP contribution is -2.17. The summed E-state index contributed by atoms with van der Waals surface area (Å²) in [6.07, 6.45) is 1.46. The topological polar surface area (TPSA) is 39.1 Å². The number of hydrogen-bond acceptors (Lipinski definition) is 3. The van der Waals surface area contributed by atoms with Gasteiger partial charge in [0.2, 0.25) is 0 Å². The Labute approximate surface area is 98.1 Å². The molecule has 1 aromatic heterocycles. The first-order valence-corrected chi connectivity index (χ1v) is 5.98. The Hall–Kier alpha value is -0.390. The molecule has 2 rings (SSSR count). The van der Waals surface area contributed by atoms with Gasteiger partial charge < -0.3 is 10.1 Å². The molecule has 0 bridgehead atoms. The van der Waals surface area contributed by atoms with E-state index in [0.717, 1.165) is 35.4 Å². The van der Waals surface area contributed by atoms with Crippen LogP contribution in [0.5, 0.6) is 0 Å². The molecule has 0 amide bonds. The molecule has 1 fully saturated rings. The number of nitrogens with zero attached hydrogens (tertiary/aromatic N) is 2. The van der Waals surface area contributed by atoms with Gasteiger partial charge in [0.05, 0.1) is 28.6 Å². The predicted molar refractivity (Wildman–Crippen MR) is 61.7 cm³/mol. The second-order valence-electron chi connectivity index (χ2n) is 3.90. The molecule has 1 atom stereocenters. The maximum absolute atomic E-state index is 5.81. The fourth-order valence-corrected chi connectivity index (χ4v) is 2.25. The lowest BCUT2D eigenvalue weighted by Gasteiger charge is -2.10. The minimum absolute atomic E-state index is 0.354. The fraction of sp³-hybridized carbons (Fsp3) is 0.700.